The van der Waals surface area contributed by atoms with Gasteiger partial charge in [-0.1, -0.05) is 56.0 Å². The number of aliphatic imine (C=N–C) groups is 1. The molecule has 2 fully saturated rings. The van der Waals surface area contributed by atoms with Crippen LogP contribution in [-0.4, -0.2) is 49.5 Å². The highest BCUT2D eigenvalue weighted by Crippen LogP contribution is 2.26. The average Bonchev–Trinajstić information content (AvgIpc) is 3.20. The third-order valence-electron chi connectivity index (χ3n) is 6.24. The monoisotopic (exact) mass is 384 g/mol. The lowest BCUT2D eigenvalue weighted by molar-refractivity contribution is -0.135. The van der Waals surface area contributed by atoms with Crippen molar-refractivity contribution in [2.75, 3.05) is 26.7 Å². The van der Waals surface area contributed by atoms with Gasteiger partial charge >= 0.3 is 0 Å². The first kappa shape index (κ1) is 20.7. The first-order chi connectivity index (χ1) is 13.6. The third-order valence-corrected chi connectivity index (χ3v) is 6.24. The first-order valence-corrected chi connectivity index (χ1v) is 10.9. The first-order valence-electron chi connectivity index (χ1n) is 10.9. The smallest absolute Gasteiger partial charge is 0.225 e. The van der Waals surface area contributed by atoms with E-state index in [9.17, 15) is 4.79 Å². The van der Waals surface area contributed by atoms with Crippen molar-refractivity contribution in [1.82, 2.24) is 15.5 Å². The molecule has 154 valence electrons. The number of likely N-dealkylation sites (tertiary alicyclic amines) is 1. The van der Waals surface area contributed by atoms with Crippen LogP contribution in [0.2, 0.25) is 0 Å². The Kier molecular flexibility index (Phi) is 7.35. The van der Waals surface area contributed by atoms with Gasteiger partial charge in [-0.05, 0) is 37.7 Å². The van der Waals surface area contributed by atoms with Crippen molar-refractivity contribution in [3.8, 4) is 0 Å². The molecule has 3 rings (SSSR count). The van der Waals surface area contributed by atoms with Gasteiger partial charge < -0.3 is 15.5 Å². The fourth-order valence-corrected chi connectivity index (χ4v) is 4.34. The van der Waals surface area contributed by atoms with Crippen molar-refractivity contribution in [2.24, 2.45) is 10.9 Å². The highest BCUT2D eigenvalue weighted by atomic mass is 16.2. The SMILES string of the molecule is CN=C(NCC(C)c1ccc(C)cc1)NC1CCN(C(=O)C2CCCCC2)C1. The number of hydrogen-bond donors (Lipinski definition) is 2. The van der Waals surface area contributed by atoms with Gasteiger partial charge in [-0.15, -0.1) is 0 Å². The number of amides is 1. The van der Waals surface area contributed by atoms with Crippen LogP contribution in [0.25, 0.3) is 0 Å². The summed E-state index contributed by atoms with van der Waals surface area (Å²) in [5.74, 6) is 1.88. The van der Waals surface area contributed by atoms with Gasteiger partial charge in [-0.2, -0.15) is 0 Å². The number of rotatable bonds is 5. The van der Waals surface area contributed by atoms with Crippen LogP contribution in [0.15, 0.2) is 29.3 Å². The topological polar surface area (TPSA) is 56.7 Å². The molecule has 2 aliphatic rings. The van der Waals surface area contributed by atoms with E-state index in [1.54, 1.807) is 0 Å². The van der Waals surface area contributed by atoms with E-state index in [0.29, 0.717) is 11.8 Å². The Morgan fingerprint density at radius 3 is 2.57 bits per heavy atom. The van der Waals surface area contributed by atoms with E-state index in [2.05, 4.69) is 58.6 Å². The normalized spacial score (nSPS) is 22.2. The Morgan fingerprint density at radius 1 is 1.18 bits per heavy atom. The van der Waals surface area contributed by atoms with Gasteiger partial charge in [-0.25, -0.2) is 0 Å². The molecule has 5 heteroatoms. The Labute approximate surface area is 170 Å². The lowest BCUT2D eigenvalue weighted by Gasteiger charge is -2.26. The summed E-state index contributed by atoms with van der Waals surface area (Å²) in [6, 6.07) is 9.01. The lowest BCUT2D eigenvalue weighted by Crippen LogP contribution is -2.46. The van der Waals surface area contributed by atoms with Crippen LogP contribution < -0.4 is 10.6 Å². The highest BCUT2D eigenvalue weighted by Gasteiger charge is 2.31. The maximum absolute atomic E-state index is 12.7. The molecule has 1 aliphatic carbocycles. The third kappa shape index (κ3) is 5.49. The predicted molar refractivity (Wildman–Crippen MR) is 116 cm³/mol. The zero-order valence-corrected chi connectivity index (χ0v) is 17.7. The van der Waals surface area contributed by atoms with E-state index >= 15 is 0 Å². The average molecular weight is 385 g/mol. The fraction of sp³-hybridized carbons (Fsp3) is 0.652. The number of nitrogens with one attached hydrogen (secondary N) is 2. The summed E-state index contributed by atoms with van der Waals surface area (Å²) in [5, 5.41) is 6.97. The molecule has 1 aromatic rings. The molecule has 5 nitrogen and oxygen atoms in total. The van der Waals surface area contributed by atoms with Gasteiger partial charge in [0, 0.05) is 38.6 Å². The summed E-state index contributed by atoms with van der Waals surface area (Å²) in [4.78, 5) is 19.2. The Balaban J connectivity index is 1.44. The number of nitrogens with zero attached hydrogens (tertiary/aromatic N) is 2. The Bertz CT molecular complexity index is 664. The molecule has 0 bridgehead atoms. The molecular formula is C23H36N4O. The number of aryl methyl sites for hydroxylation is 1. The van der Waals surface area contributed by atoms with Crippen molar-refractivity contribution in [2.45, 2.75) is 64.3 Å². The van der Waals surface area contributed by atoms with Gasteiger partial charge in [0.1, 0.15) is 0 Å². The molecule has 2 unspecified atom stereocenters. The van der Waals surface area contributed by atoms with Gasteiger partial charge in [0.2, 0.25) is 5.91 Å². The second kappa shape index (κ2) is 9.94. The van der Waals surface area contributed by atoms with E-state index in [1.807, 2.05) is 7.05 Å². The van der Waals surface area contributed by atoms with Crippen LogP contribution in [0.1, 0.15) is 62.5 Å². The lowest BCUT2D eigenvalue weighted by atomic mass is 9.88. The minimum Gasteiger partial charge on any atom is -0.356 e. The van der Waals surface area contributed by atoms with Gasteiger partial charge in [-0.3, -0.25) is 9.79 Å². The summed E-state index contributed by atoms with van der Waals surface area (Å²) < 4.78 is 0. The van der Waals surface area contributed by atoms with E-state index in [-0.39, 0.29) is 12.0 Å². The maximum Gasteiger partial charge on any atom is 0.225 e. The molecule has 28 heavy (non-hydrogen) atoms. The van der Waals surface area contributed by atoms with Crippen LogP contribution in [0.5, 0.6) is 0 Å². The predicted octanol–water partition coefficient (Wildman–Crippen LogP) is 3.44. The van der Waals surface area contributed by atoms with Crippen molar-refractivity contribution < 1.29 is 4.79 Å². The minimum atomic E-state index is 0.264. The van der Waals surface area contributed by atoms with E-state index in [1.165, 1.54) is 30.4 Å². The van der Waals surface area contributed by atoms with Gasteiger partial charge in [0.05, 0.1) is 0 Å². The van der Waals surface area contributed by atoms with Crippen LogP contribution in [-0.2, 0) is 4.79 Å². The van der Waals surface area contributed by atoms with Gasteiger partial charge in [0.15, 0.2) is 5.96 Å². The number of guanidine groups is 1. The van der Waals surface area contributed by atoms with Crippen LogP contribution in [0.4, 0.5) is 0 Å². The molecule has 2 N–H and O–H groups in total. The van der Waals surface area contributed by atoms with E-state index in [4.69, 9.17) is 0 Å². The summed E-state index contributed by atoms with van der Waals surface area (Å²) in [7, 11) is 1.81. The van der Waals surface area contributed by atoms with Gasteiger partial charge in [0.25, 0.3) is 0 Å². The standard InChI is InChI=1S/C23H36N4O/c1-17-9-11-19(12-10-17)18(2)15-25-23(24-3)26-21-13-14-27(16-21)22(28)20-7-5-4-6-8-20/h9-12,18,20-21H,4-8,13-16H2,1-3H3,(H2,24,25,26). The van der Waals surface area contributed by atoms with E-state index < -0.39 is 0 Å². The number of benzene rings is 1. The minimum absolute atomic E-state index is 0.264. The largest absolute Gasteiger partial charge is 0.356 e. The van der Waals surface area contributed by atoms with Crippen LogP contribution in [0.3, 0.4) is 0 Å². The molecule has 2 atom stereocenters. The number of carbonyl (C=O) groups excluding carboxylic acids is 1. The van der Waals surface area contributed by atoms with Crippen LogP contribution in [0, 0.1) is 12.8 Å². The summed E-state index contributed by atoms with van der Waals surface area (Å²) >= 11 is 0. The molecule has 1 aliphatic heterocycles. The second-order valence-corrected chi connectivity index (χ2v) is 8.51. The van der Waals surface area contributed by atoms with E-state index in [0.717, 1.165) is 44.9 Å². The molecule has 1 heterocycles. The fourth-order valence-electron chi connectivity index (χ4n) is 4.34. The summed E-state index contributed by atoms with van der Waals surface area (Å²) in [5.41, 5.74) is 2.62. The van der Waals surface area contributed by atoms with Crippen molar-refractivity contribution in [3.63, 3.8) is 0 Å². The quantitative estimate of drug-likeness (QED) is 0.604. The van der Waals surface area contributed by atoms with Crippen molar-refractivity contribution in [1.29, 1.82) is 0 Å². The number of carbonyl (C=O) groups is 1. The Hall–Kier alpha value is -2.04. The molecule has 0 spiro atoms. The molecule has 1 amide bonds. The summed E-state index contributed by atoms with van der Waals surface area (Å²) in [6.07, 6.45) is 6.86. The Morgan fingerprint density at radius 2 is 1.89 bits per heavy atom. The molecule has 0 radical (unpaired) electrons. The molecule has 1 aromatic carbocycles. The second-order valence-electron chi connectivity index (χ2n) is 8.51. The molecule has 1 saturated carbocycles. The van der Waals surface area contributed by atoms with Crippen molar-refractivity contribution in [3.05, 3.63) is 35.4 Å². The van der Waals surface area contributed by atoms with Crippen molar-refractivity contribution >= 4 is 11.9 Å². The number of hydrogen-bond acceptors (Lipinski definition) is 2. The summed E-state index contributed by atoms with van der Waals surface area (Å²) in [6.45, 7) is 6.83. The molecule has 0 aromatic heterocycles. The zero-order chi connectivity index (χ0) is 19.9. The highest BCUT2D eigenvalue weighted by molar-refractivity contribution is 5.81. The van der Waals surface area contributed by atoms with Crippen LogP contribution >= 0.6 is 0 Å². The zero-order valence-electron chi connectivity index (χ0n) is 17.7. The maximum atomic E-state index is 12.7. The molecule has 1 saturated heterocycles. The molecular weight excluding hydrogens is 348 g/mol.